The van der Waals surface area contributed by atoms with Gasteiger partial charge in [0.05, 0.1) is 23.6 Å². The Morgan fingerprint density at radius 2 is 1.84 bits per heavy atom. The van der Waals surface area contributed by atoms with Crippen LogP contribution in [0.3, 0.4) is 0 Å². The van der Waals surface area contributed by atoms with E-state index >= 15 is 0 Å². The molecule has 11 heteroatoms. The summed E-state index contributed by atoms with van der Waals surface area (Å²) in [6.45, 7) is -0.120. The van der Waals surface area contributed by atoms with E-state index in [9.17, 15) is 22.8 Å². The average molecular weight is 446 g/mol. The van der Waals surface area contributed by atoms with E-state index in [4.69, 9.17) is 4.74 Å². The van der Waals surface area contributed by atoms with Crippen molar-refractivity contribution in [2.75, 3.05) is 32.1 Å². The Morgan fingerprint density at radius 1 is 1.10 bits per heavy atom. The molecular weight excluding hydrogens is 424 g/mol. The SMILES string of the molecule is CN(C)S(=O)(=O)c1cccc(C(=O)NNC(=O)CN2C(=O)CCOc3ccccc32)c1. The first-order valence-electron chi connectivity index (χ1n) is 9.34. The molecule has 0 bridgehead atoms. The van der Waals surface area contributed by atoms with Gasteiger partial charge in [-0.25, -0.2) is 12.7 Å². The Bertz CT molecular complexity index is 1120. The third-order valence-electron chi connectivity index (χ3n) is 4.52. The van der Waals surface area contributed by atoms with E-state index in [1.54, 1.807) is 24.3 Å². The van der Waals surface area contributed by atoms with Crippen LogP contribution in [-0.2, 0) is 19.6 Å². The summed E-state index contributed by atoms with van der Waals surface area (Å²) in [4.78, 5) is 38.3. The highest BCUT2D eigenvalue weighted by Gasteiger charge is 2.25. The number of sulfonamides is 1. The number of benzene rings is 2. The molecule has 2 aromatic rings. The quantitative estimate of drug-likeness (QED) is 0.645. The van der Waals surface area contributed by atoms with Gasteiger partial charge in [0.1, 0.15) is 12.3 Å². The number of nitrogens with zero attached hydrogens (tertiary/aromatic N) is 2. The summed E-state index contributed by atoms with van der Waals surface area (Å²) >= 11 is 0. The van der Waals surface area contributed by atoms with Gasteiger partial charge in [0.2, 0.25) is 15.9 Å². The Hall–Kier alpha value is -3.44. The number of rotatable bonds is 5. The zero-order valence-electron chi connectivity index (χ0n) is 17.0. The molecular formula is C20H22N4O6S. The number of carbonyl (C=O) groups is 3. The van der Waals surface area contributed by atoms with Crippen molar-refractivity contribution in [2.24, 2.45) is 0 Å². The Balaban J connectivity index is 1.66. The van der Waals surface area contributed by atoms with Gasteiger partial charge in [-0.2, -0.15) is 0 Å². The lowest BCUT2D eigenvalue weighted by molar-refractivity contribution is -0.124. The van der Waals surface area contributed by atoms with E-state index in [0.717, 1.165) is 4.31 Å². The number of hydrogen-bond donors (Lipinski definition) is 2. The highest BCUT2D eigenvalue weighted by molar-refractivity contribution is 7.89. The lowest BCUT2D eigenvalue weighted by atomic mass is 10.2. The minimum absolute atomic E-state index is 0.0489. The Morgan fingerprint density at radius 3 is 2.58 bits per heavy atom. The molecule has 1 heterocycles. The van der Waals surface area contributed by atoms with Gasteiger partial charge in [0.15, 0.2) is 0 Å². The molecule has 0 spiro atoms. The van der Waals surface area contributed by atoms with E-state index in [2.05, 4.69) is 10.9 Å². The van der Waals surface area contributed by atoms with Gasteiger partial charge in [0.25, 0.3) is 11.8 Å². The van der Waals surface area contributed by atoms with Gasteiger partial charge in [-0.1, -0.05) is 18.2 Å². The van der Waals surface area contributed by atoms with Crippen LogP contribution in [0.4, 0.5) is 5.69 Å². The standard InChI is InChI=1S/C20H22N4O6S/c1-23(2)31(28,29)15-7-5-6-14(12-15)20(27)22-21-18(25)13-24-16-8-3-4-9-17(16)30-11-10-19(24)26/h3-9,12H,10-11,13H2,1-2H3,(H,21,25)(H,22,27). The third kappa shape index (κ3) is 5.01. The van der Waals surface area contributed by atoms with Crippen LogP contribution in [0.1, 0.15) is 16.8 Å². The van der Waals surface area contributed by atoms with Crippen molar-refractivity contribution in [3.63, 3.8) is 0 Å². The maximum absolute atomic E-state index is 12.4. The van der Waals surface area contributed by atoms with Crippen LogP contribution in [0.25, 0.3) is 0 Å². The minimum atomic E-state index is -3.71. The minimum Gasteiger partial charge on any atom is -0.491 e. The molecule has 0 aliphatic carbocycles. The molecule has 2 aromatic carbocycles. The fraction of sp³-hybridized carbons (Fsp3) is 0.250. The number of carbonyl (C=O) groups excluding carboxylic acids is 3. The Kier molecular flexibility index (Phi) is 6.56. The van der Waals surface area contributed by atoms with E-state index in [0.29, 0.717) is 11.4 Å². The molecule has 0 unspecified atom stereocenters. The summed E-state index contributed by atoms with van der Waals surface area (Å²) in [5, 5.41) is 0. The first-order valence-corrected chi connectivity index (χ1v) is 10.8. The predicted octanol–water partition coefficient (Wildman–Crippen LogP) is 0.514. The number of fused-ring (bicyclic) bond motifs is 1. The third-order valence-corrected chi connectivity index (χ3v) is 6.33. The highest BCUT2D eigenvalue weighted by atomic mass is 32.2. The molecule has 10 nitrogen and oxygen atoms in total. The first-order chi connectivity index (χ1) is 14.7. The molecule has 31 heavy (non-hydrogen) atoms. The Labute approximate surface area is 179 Å². The topological polar surface area (TPSA) is 125 Å². The molecule has 1 aliphatic rings. The molecule has 164 valence electrons. The van der Waals surface area contributed by atoms with Gasteiger partial charge >= 0.3 is 0 Å². The lowest BCUT2D eigenvalue weighted by Gasteiger charge is -2.21. The zero-order valence-corrected chi connectivity index (χ0v) is 17.8. The second-order valence-electron chi connectivity index (χ2n) is 6.86. The molecule has 0 saturated carbocycles. The van der Waals surface area contributed by atoms with Gasteiger partial charge in [-0.3, -0.25) is 30.1 Å². The highest BCUT2D eigenvalue weighted by Crippen LogP contribution is 2.30. The van der Waals surface area contributed by atoms with E-state index in [1.165, 1.54) is 43.3 Å². The number of hydrazine groups is 1. The molecule has 1 aliphatic heterocycles. The number of amides is 3. The summed E-state index contributed by atoms with van der Waals surface area (Å²) in [7, 11) is -0.942. The maximum atomic E-state index is 12.4. The van der Waals surface area contributed by atoms with Crippen LogP contribution in [0.15, 0.2) is 53.4 Å². The molecule has 0 fully saturated rings. The van der Waals surface area contributed by atoms with Crippen molar-refractivity contribution in [1.82, 2.24) is 15.2 Å². The van der Waals surface area contributed by atoms with Crippen LogP contribution in [0, 0.1) is 0 Å². The zero-order chi connectivity index (χ0) is 22.6. The fourth-order valence-electron chi connectivity index (χ4n) is 2.88. The second kappa shape index (κ2) is 9.14. The number of nitrogens with one attached hydrogen (secondary N) is 2. The summed E-state index contributed by atoms with van der Waals surface area (Å²) in [6, 6.07) is 12.3. The van der Waals surface area contributed by atoms with Crippen molar-refractivity contribution >= 4 is 33.4 Å². The summed E-state index contributed by atoms with van der Waals surface area (Å²) in [5.74, 6) is -1.12. The van der Waals surface area contributed by atoms with Crippen molar-refractivity contribution in [2.45, 2.75) is 11.3 Å². The molecule has 0 aromatic heterocycles. The molecule has 0 atom stereocenters. The lowest BCUT2D eigenvalue weighted by Crippen LogP contribution is -2.47. The van der Waals surface area contributed by atoms with E-state index in [1.807, 2.05) is 0 Å². The molecule has 3 rings (SSSR count). The second-order valence-corrected chi connectivity index (χ2v) is 9.02. The van der Waals surface area contributed by atoms with Gasteiger partial charge in [-0.05, 0) is 30.3 Å². The predicted molar refractivity (Wildman–Crippen MR) is 112 cm³/mol. The van der Waals surface area contributed by atoms with Crippen LogP contribution in [0.5, 0.6) is 5.75 Å². The van der Waals surface area contributed by atoms with Gasteiger partial charge in [0, 0.05) is 19.7 Å². The van der Waals surface area contributed by atoms with Crippen molar-refractivity contribution in [3.8, 4) is 5.75 Å². The van der Waals surface area contributed by atoms with Crippen LogP contribution < -0.4 is 20.5 Å². The fourth-order valence-corrected chi connectivity index (χ4v) is 3.83. The average Bonchev–Trinajstić information content (AvgIpc) is 2.91. The molecule has 2 N–H and O–H groups in total. The first kappa shape index (κ1) is 22.2. The number of hydrogen-bond acceptors (Lipinski definition) is 6. The number of ether oxygens (including phenoxy) is 1. The monoisotopic (exact) mass is 446 g/mol. The number of para-hydroxylation sites is 2. The van der Waals surface area contributed by atoms with Crippen molar-refractivity contribution in [3.05, 3.63) is 54.1 Å². The smallest absolute Gasteiger partial charge is 0.269 e. The molecule has 0 radical (unpaired) electrons. The number of anilines is 1. The summed E-state index contributed by atoms with van der Waals surface area (Å²) < 4.78 is 31.0. The van der Waals surface area contributed by atoms with Crippen molar-refractivity contribution < 1.29 is 27.5 Å². The molecule has 3 amide bonds. The van der Waals surface area contributed by atoms with E-state index in [-0.39, 0.29) is 35.9 Å². The van der Waals surface area contributed by atoms with Crippen molar-refractivity contribution in [1.29, 1.82) is 0 Å². The summed E-state index contributed by atoms with van der Waals surface area (Å²) in [5.41, 5.74) is 5.00. The van der Waals surface area contributed by atoms with Gasteiger partial charge in [-0.15, -0.1) is 0 Å². The normalized spacial score (nSPS) is 13.8. The van der Waals surface area contributed by atoms with Gasteiger partial charge < -0.3 is 4.74 Å². The summed E-state index contributed by atoms with van der Waals surface area (Å²) in [6.07, 6.45) is 0.113. The largest absolute Gasteiger partial charge is 0.491 e. The van der Waals surface area contributed by atoms with E-state index < -0.39 is 21.8 Å². The maximum Gasteiger partial charge on any atom is 0.269 e. The van der Waals surface area contributed by atoms with Crippen LogP contribution >= 0.6 is 0 Å². The van der Waals surface area contributed by atoms with Crippen LogP contribution in [0.2, 0.25) is 0 Å². The van der Waals surface area contributed by atoms with Crippen LogP contribution in [-0.4, -0.2) is 57.7 Å². The molecule has 0 saturated heterocycles.